The zero-order chi connectivity index (χ0) is 15.2. The molecule has 0 saturated carbocycles. The Bertz CT molecular complexity index is 693. The van der Waals surface area contributed by atoms with Crippen LogP contribution in [0.25, 0.3) is 0 Å². The predicted molar refractivity (Wildman–Crippen MR) is 86.0 cm³/mol. The Morgan fingerprint density at radius 1 is 1.00 bits per heavy atom. The monoisotopic (exact) mass is 292 g/mol. The van der Waals surface area contributed by atoms with E-state index in [4.69, 9.17) is 0 Å². The van der Waals surface area contributed by atoms with Gasteiger partial charge < -0.3 is 0 Å². The second-order valence-electron chi connectivity index (χ2n) is 4.81. The molecule has 22 heavy (non-hydrogen) atoms. The summed E-state index contributed by atoms with van der Waals surface area (Å²) in [6, 6.07) is 7.70. The molecule has 2 aromatic rings. The van der Waals surface area contributed by atoms with Crippen LogP contribution in [0.2, 0.25) is 0 Å². The summed E-state index contributed by atoms with van der Waals surface area (Å²) in [6.07, 6.45) is 12.6. The van der Waals surface area contributed by atoms with Gasteiger partial charge in [-0.25, -0.2) is 10.0 Å². The van der Waals surface area contributed by atoms with Crippen LogP contribution in [-0.2, 0) is 0 Å². The van der Waals surface area contributed by atoms with E-state index in [2.05, 4.69) is 20.2 Å². The normalized spacial score (nSPS) is 15.0. The smallest absolute Gasteiger partial charge is 0.133 e. The Hall–Kier alpha value is -3.02. The molecule has 6 heteroatoms. The van der Waals surface area contributed by atoms with Crippen LogP contribution in [0.4, 0.5) is 0 Å². The Labute approximate surface area is 129 Å². The van der Waals surface area contributed by atoms with Crippen LogP contribution in [0.5, 0.6) is 0 Å². The van der Waals surface area contributed by atoms with Crippen molar-refractivity contribution >= 4 is 12.4 Å². The maximum Gasteiger partial charge on any atom is 0.133 e. The van der Waals surface area contributed by atoms with Gasteiger partial charge in [-0.15, -0.1) is 0 Å². The first-order valence-electron chi connectivity index (χ1n) is 6.92. The van der Waals surface area contributed by atoms with E-state index in [1.165, 1.54) is 0 Å². The van der Waals surface area contributed by atoms with E-state index in [9.17, 15) is 0 Å². The summed E-state index contributed by atoms with van der Waals surface area (Å²) in [6.45, 7) is 2.58. The minimum absolute atomic E-state index is 0.583. The number of rotatable bonds is 4. The number of pyridine rings is 2. The number of hydrazone groups is 2. The van der Waals surface area contributed by atoms with Gasteiger partial charge in [-0.2, -0.15) is 10.2 Å². The van der Waals surface area contributed by atoms with E-state index in [1.54, 1.807) is 37.2 Å². The van der Waals surface area contributed by atoms with Crippen molar-refractivity contribution in [1.29, 1.82) is 0 Å². The van der Waals surface area contributed by atoms with Crippen molar-refractivity contribution in [2.75, 3.05) is 6.67 Å². The summed E-state index contributed by atoms with van der Waals surface area (Å²) in [4.78, 5) is 8.12. The van der Waals surface area contributed by atoms with Gasteiger partial charge in [-0.1, -0.05) is 12.1 Å². The van der Waals surface area contributed by atoms with Crippen molar-refractivity contribution in [2.45, 2.75) is 6.92 Å². The lowest BCUT2D eigenvalue weighted by Crippen LogP contribution is -2.19. The maximum atomic E-state index is 4.45. The minimum atomic E-state index is 0.583. The highest BCUT2D eigenvalue weighted by Gasteiger charge is 2.15. The van der Waals surface area contributed by atoms with Gasteiger partial charge in [0.15, 0.2) is 0 Å². The third-order valence-corrected chi connectivity index (χ3v) is 3.09. The number of aromatic nitrogens is 2. The topological polar surface area (TPSA) is 57.0 Å². The number of hydrogen-bond donors (Lipinski definition) is 0. The molecule has 0 saturated heterocycles. The molecule has 0 aliphatic carbocycles. The van der Waals surface area contributed by atoms with Crippen molar-refractivity contribution in [3.05, 3.63) is 72.1 Å². The number of allylic oxidation sites excluding steroid dienone is 1. The van der Waals surface area contributed by atoms with E-state index in [-0.39, 0.29) is 0 Å². The highest BCUT2D eigenvalue weighted by molar-refractivity contribution is 5.79. The number of nitrogens with zero attached hydrogens (tertiary/aromatic N) is 6. The fourth-order valence-corrected chi connectivity index (χ4v) is 1.95. The largest absolute Gasteiger partial charge is 0.264 e. The summed E-state index contributed by atoms with van der Waals surface area (Å²) in [5.74, 6) is 0. The molecule has 0 unspecified atom stereocenters. The molecule has 1 aliphatic heterocycles. The van der Waals surface area contributed by atoms with Crippen molar-refractivity contribution in [3.8, 4) is 0 Å². The molecular formula is C16H16N6. The summed E-state index contributed by atoms with van der Waals surface area (Å²) >= 11 is 0. The van der Waals surface area contributed by atoms with Crippen LogP contribution in [0.15, 0.2) is 71.2 Å². The van der Waals surface area contributed by atoms with Crippen LogP contribution in [-0.4, -0.2) is 39.1 Å². The molecular weight excluding hydrogens is 276 g/mol. The second-order valence-corrected chi connectivity index (χ2v) is 4.81. The summed E-state index contributed by atoms with van der Waals surface area (Å²) in [5, 5.41) is 12.6. The standard InChI is InChI=1S/C16H16N6/c1-14-12-21(19-10-15-4-2-6-17-8-15)13-22(14)20-11-16-5-3-7-18-9-16/h2-12H,13H2,1H3. The van der Waals surface area contributed by atoms with E-state index < -0.39 is 0 Å². The molecule has 0 aromatic carbocycles. The van der Waals surface area contributed by atoms with E-state index in [0.717, 1.165) is 16.8 Å². The molecule has 3 rings (SSSR count). The lowest BCUT2D eigenvalue weighted by atomic mass is 10.3. The Balaban J connectivity index is 1.62. The molecule has 110 valence electrons. The lowest BCUT2D eigenvalue weighted by Gasteiger charge is -2.14. The van der Waals surface area contributed by atoms with Gasteiger partial charge in [0.05, 0.1) is 18.1 Å². The van der Waals surface area contributed by atoms with Crippen LogP contribution < -0.4 is 0 Å². The fraction of sp³-hybridized carbons (Fsp3) is 0.125. The summed E-state index contributed by atoms with van der Waals surface area (Å²) in [5.41, 5.74) is 2.96. The Morgan fingerprint density at radius 3 is 2.23 bits per heavy atom. The van der Waals surface area contributed by atoms with E-state index in [0.29, 0.717) is 6.67 Å². The fourth-order valence-electron chi connectivity index (χ4n) is 1.95. The SMILES string of the molecule is CC1=CN(N=Cc2cccnc2)CN1N=Cc1cccnc1. The third-order valence-electron chi connectivity index (χ3n) is 3.09. The quantitative estimate of drug-likeness (QED) is 0.811. The molecule has 0 bridgehead atoms. The Kier molecular flexibility index (Phi) is 4.20. The molecule has 6 nitrogen and oxygen atoms in total. The minimum Gasteiger partial charge on any atom is -0.264 e. The van der Waals surface area contributed by atoms with Crippen LogP contribution in [0.3, 0.4) is 0 Å². The maximum absolute atomic E-state index is 4.45. The summed E-state index contributed by atoms with van der Waals surface area (Å²) in [7, 11) is 0. The van der Waals surface area contributed by atoms with Gasteiger partial charge >= 0.3 is 0 Å². The van der Waals surface area contributed by atoms with Crippen LogP contribution in [0, 0.1) is 0 Å². The van der Waals surface area contributed by atoms with Crippen LogP contribution in [0.1, 0.15) is 18.1 Å². The van der Waals surface area contributed by atoms with Gasteiger partial charge in [-0.3, -0.25) is 9.97 Å². The molecule has 3 heterocycles. The number of hydrogen-bond acceptors (Lipinski definition) is 6. The zero-order valence-corrected chi connectivity index (χ0v) is 12.2. The van der Waals surface area contributed by atoms with Gasteiger partial charge in [0.25, 0.3) is 0 Å². The first-order chi connectivity index (χ1) is 10.8. The summed E-state index contributed by atoms with van der Waals surface area (Å²) < 4.78 is 0. The average molecular weight is 292 g/mol. The van der Waals surface area contributed by atoms with Crippen molar-refractivity contribution in [1.82, 2.24) is 20.0 Å². The molecule has 0 fully saturated rings. The molecule has 0 amide bonds. The molecule has 0 spiro atoms. The van der Waals surface area contributed by atoms with Crippen LogP contribution >= 0.6 is 0 Å². The zero-order valence-electron chi connectivity index (χ0n) is 12.2. The highest BCUT2D eigenvalue weighted by Crippen LogP contribution is 2.15. The van der Waals surface area contributed by atoms with Gasteiger partial charge in [0, 0.05) is 42.1 Å². The second kappa shape index (κ2) is 6.62. The van der Waals surface area contributed by atoms with Gasteiger partial charge in [0.2, 0.25) is 0 Å². The molecule has 0 radical (unpaired) electrons. The van der Waals surface area contributed by atoms with Crippen molar-refractivity contribution in [3.63, 3.8) is 0 Å². The van der Waals surface area contributed by atoms with Gasteiger partial charge in [-0.05, 0) is 19.1 Å². The van der Waals surface area contributed by atoms with E-state index in [1.807, 2.05) is 47.4 Å². The highest BCUT2D eigenvalue weighted by atomic mass is 15.6. The molecule has 0 atom stereocenters. The molecule has 1 aliphatic rings. The average Bonchev–Trinajstić information content (AvgIpc) is 2.93. The first-order valence-corrected chi connectivity index (χ1v) is 6.92. The Morgan fingerprint density at radius 2 is 1.64 bits per heavy atom. The van der Waals surface area contributed by atoms with Gasteiger partial charge in [0.1, 0.15) is 6.67 Å². The molecule has 2 aromatic heterocycles. The van der Waals surface area contributed by atoms with Crippen molar-refractivity contribution < 1.29 is 0 Å². The lowest BCUT2D eigenvalue weighted by molar-refractivity contribution is 0.273. The van der Waals surface area contributed by atoms with E-state index >= 15 is 0 Å². The van der Waals surface area contributed by atoms with Crippen molar-refractivity contribution in [2.24, 2.45) is 10.2 Å². The first kappa shape index (κ1) is 13.9. The molecule has 0 N–H and O–H groups in total. The predicted octanol–water partition coefficient (Wildman–Crippen LogP) is 2.28. The third kappa shape index (κ3) is 3.54.